The van der Waals surface area contributed by atoms with Gasteiger partial charge in [0.15, 0.2) is 11.5 Å². The standard InChI is InChI=1S/C24H32N2O3/c1-4-28-22-10-5-6-11-23(22)29-15-8-7-13-26-21-17-19(3)18(2)16-20(21)25-24(26)12-9-14-27/h5-6,10-11,16-17,27H,4,7-9,12-15H2,1-3H3. The van der Waals surface area contributed by atoms with Crippen molar-refractivity contribution in [2.24, 2.45) is 0 Å². The Balaban J connectivity index is 1.63. The minimum atomic E-state index is 0.189. The van der Waals surface area contributed by atoms with E-state index in [-0.39, 0.29) is 6.61 Å². The topological polar surface area (TPSA) is 56.5 Å². The third-order valence-corrected chi connectivity index (χ3v) is 5.18. The molecule has 156 valence electrons. The zero-order chi connectivity index (χ0) is 20.6. The fourth-order valence-electron chi connectivity index (χ4n) is 3.51. The summed E-state index contributed by atoms with van der Waals surface area (Å²) in [6, 6.07) is 12.2. The van der Waals surface area contributed by atoms with Crippen molar-refractivity contribution in [3.63, 3.8) is 0 Å². The van der Waals surface area contributed by atoms with Gasteiger partial charge in [-0.1, -0.05) is 12.1 Å². The lowest BCUT2D eigenvalue weighted by Gasteiger charge is -2.12. The van der Waals surface area contributed by atoms with Gasteiger partial charge in [0.05, 0.1) is 24.2 Å². The number of unbranched alkanes of at least 4 members (excludes halogenated alkanes) is 1. The summed E-state index contributed by atoms with van der Waals surface area (Å²) in [5.74, 6) is 2.66. The Morgan fingerprint density at radius 2 is 1.69 bits per heavy atom. The summed E-state index contributed by atoms with van der Waals surface area (Å²) < 4.78 is 13.9. The first-order chi connectivity index (χ1) is 14.1. The van der Waals surface area contributed by atoms with E-state index in [0.717, 1.165) is 55.1 Å². The fraction of sp³-hybridized carbons (Fsp3) is 0.458. The Kier molecular flexibility index (Phi) is 7.53. The molecule has 29 heavy (non-hydrogen) atoms. The number of nitrogens with zero attached hydrogens (tertiary/aromatic N) is 2. The molecule has 0 aliphatic heterocycles. The van der Waals surface area contributed by atoms with Gasteiger partial charge in [0.1, 0.15) is 5.82 Å². The smallest absolute Gasteiger partial charge is 0.161 e. The quantitative estimate of drug-likeness (QED) is 0.471. The number of aliphatic hydroxyl groups is 1. The predicted molar refractivity (Wildman–Crippen MR) is 117 cm³/mol. The first-order valence-corrected chi connectivity index (χ1v) is 10.6. The number of hydrogen-bond acceptors (Lipinski definition) is 4. The summed E-state index contributed by atoms with van der Waals surface area (Å²) in [6.45, 7) is 8.61. The van der Waals surface area contributed by atoms with Crippen molar-refractivity contribution in [1.29, 1.82) is 0 Å². The van der Waals surface area contributed by atoms with E-state index in [2.05, 4.69) is 30.5 Å². The lowest BCUT2D eigenvalue weighted by Crippen LogP contribution is -2.07. The molecule has 0 radical (unpaired) electrons. The van der Waals surface area contributed by atoms with Gasteiger partial charge in [-0.25, -0.2) is 4.98 Å². The summed E-state index contributed by atoms with van der Waals surface area (Å²) >= 11 is 0. The Labute approximate surface area is 173 Å². The lowest BCUT2D eigenvalue weighted by atomic mass is 10.1. The van der Waals surface area contributed by atoms with Gasteiger partial charge in [0.2, 0.25) is 0 Å². The van der Waals surface area contributed by atoms with E-state index >= 15 is 0 Å². The SMILES string of the molecule is CCOc1ccccc1OCCCCn1c(CCCO)nc2cc(C)c(C)cc21. The molecule has 0 amide bonds. The van der Waals surface area contributed by atoms with Crippen molar-refractivity contribution < 1.29 is 14.6 Å². The molecule has 0 atom stereocenters. The molecule has 0 saturated carbocycles. The molecule has 0 aliphatic rings. The minimum Gasteiger partial charge on any atom is -0.490 e. The molecule has 1 aromatic heterocycles. The summed E-state index contributed by atoms with van der Waals surface area (Å²) in [5, 5.41) is 9.23. The van der Waals surface area contributed by atoms with Crippen LogP contribution in [0.3, 0.4) is 0 Å². The molecule has 2 aromatic carbocycles. The van der Waals surface area contributed by atoms with Crippen LogP contribution in [0.4, 0.5) is 0 Å². The van der Waals surface area contributed by atoms with Crippen LogP contribution in [0.2, 0.25) is 0 Å². The highest BCUT2D eigenvalue weighted by molar-refractivity contribution is 5.78. The number of ether oxygens (including phenoxy) is 2. The minimum absolute atomic E-state index is 0.189. The average molecular weight is 397 g/mol. The molecule has 0 unspecified atom stereocenters. The number of aryl methyl sites for hydroxylation is 4. The molecule has 0 bridgehead atoms. The van der Waals surface area contributed by atoms with Crippen LogP contribution < -0.4 is 9.47 Å². The second-order valence-corrected chi connectivity index (χ2v) is 7.37. The van der Waals surface area contributed by atoms with Crippen LogP contribution in [0.5, 0.6) is 11.5 Å². The van der Waals surface area contributed by atoms with Crippen molar-refractivity contribution in [2.75, 3.05) is 19.8 Å². The third kappa shape index (κ3) is 5.30. The molecule has 0 spiro atoms. The van der Waals surface area contributed by atoms with Gasteiger partial charge in [-0.05, 0) is 75.4 Å². The summed E-state index contributed by atoms with van der Waals surface area (Å²) in [5.41, 5.74) is 4.77. The van der Waals surface area contributed by atoms with E-state index in [0.29, 0.717) is 13.2 Å². The van der Waals surface area contributed by atoms with Crippen molar-refractivity contribution in [1.82, 2.24) is 9.55 Å². The van der Waals surface area contributed by atoms with Crippen molar-refractivity contribution in [3.05, 3.63) is 53.3 Å². The number of benzene rings is 2. The van der Waals surface area contributed by atoms with E-state index < -0.39 is 0 Å². The Bertz CT molecular complexity index is 933. The molecular weight excluding hydrogens is 364 g/mol. The number of fused-ring (bicyclic) bond motifs is 1. The van der Waals surface area contributed by atoms with E-state index in [1.807, 2.05) is 31.2 Å². The first kappa shape index (κ1) is 21.2. The molecule has 5 heteroatoms. The number of rotatable bonds is 11. The maximum Gasteiger partial charge on any atom is 0.161 e. The molecule has 5 nitrogen and oxygen atoms in total. The van der Waals surface area contributed by atoms with Crippen LogP contribution >= 0.6 is 0 Å². The highest BCUT2D eigenvalue weighted by Crippen LogP contribution is 2.27. The number of aliphatic hydroxyl groups excluding tert-OH is 1. The molecule has 0 fully saturated rings. The monoisotopic (exact) mass is 396 g/mol. The number of aromatic nitrogens is 2. The van der Waals surface area contributed by atoms with Gasteiger partial charge in [-0.3, -0.25) is 0 Å². The maximum atomic E-state index is 9.23. The molecule has 3 aromatic rings. The maximum absolute atomic E-state index is 9.23. The van der Waals surface area contributed by atoms with Gasteiger partial charge >= 0.3 is 0 Å². The molecule has 1 N–H and O–H groups in total. The first-order valence-electron chi connectivity index (χ1n) is 10.6. The van der Waals surface area contributed by atoms with E-state index in [1.165, 1.54) is 16.6 Å². The van der Waals surface area contributed by atoms with Crippen LogP contribution in [0.15, 0.2) is 36.4 Å². The van der Waals surface area contributed by atoms with Gasteiger partial charge in [-0.15, -0.1) is 0 Å². The summed E-state index contributed by atoms with van der Waals surface area (Å²) in [4.78, 5) is 4.83. The molecular formula is C24H32N2O3. The Hall–Kier alpha value is -2.53. The zero-order valence-corrected chi connectivity index (χ0v) is 17.8. The second-order valence-electron chi connectivity index (χ2n) is 7.37. The molecule has 3 rings (SSSR count). The summed E-state index contributed by atoms with van der Waals surface area (Å²) in [7, 11) is 0. The number of hydrogen-bond donors (Lipinski definition) is 1. The van der Waals surface area contributed by atoms with E-state index in [4.69, 9.17) is 14.5 Å². The van der Waals surface area contributed by atoms with Crippen molar-refractivity contribution >= 4 is 11.0 Å². The largest absolute Gasteiger partial charge is 0.490 e. The van der Waals surface area contributed by atoms with E-state index in [9.17, 15) is 5.11 Å². The summed E-state index contributed by atoms with van der Waals surface area (Å²) in [6.07, 6.45) is 3.48. The Morgan fingerprint density at radius 3 is 2.41 bits per heavy atom. The van der Waals surface area contributed by atoms with Gasteiger partial charge in [0, 0.05) is 19.6 Å². The normalized spacial score (nSPS) is 11.2. The molecule has 0 aliphatic carbocycles. The van der Waals surface area contributed by atoms with Crippen LogP contribution in [0.1, 0.15) is 43.1 Å². The van der Waals surface area contributed by atoms with Crippen LogP contribution in [0.25, 0.3) is 11.0 Å². The number of para-hydroxylation sites is 2. The van der Waals surface area contributed by atoms with Gasteiger partial charge in [0.25, 0.3) is 0 Å². The Morgan fingerprint density at radius 1 is 0.966 bits per heavy atom. The highest BCUT2D eigenvalue weighted by atomic mass is 16.5. The number of imidazole rings is 1. The van der Waals surface area contributed by atoms with Gasteiger partial charge in [-0.2, -0.15) is 0 Å². The van der Waals surface area contributed by atoms with Crippen LogP contribution in [-0.2, 0) is 13.0 Å². The van der Waals surface area contributed by atoms with Gasteiger partial charge < -0.3 is 19.1 Å². The highest BCUT2D eigenvalue weighted by Gasteiger charge is 2.12. The second kappa shape index (κ2) is 10.3. The predicted octanol–water partition coefficient (Wildman–Crippen LogP) is 4.84. The van der Waals surface area contributed by atoms with Crippen molar-refractivity contribution in [2.45, 2.75) is 53.0 Å². The molecule has 0 saturated heterocycles. The van der Waals surface area contributed by atoms with Crippen molar-refractivity contribution in [3.8, 4) is 11.5 Å². The zero-order valence-electron chi connectivity index (χ0n) is 17.8. The average Bonchev–Trinajstić information content (AvgIpc) is 3.04. The molecule has 1 heterocycles. The fourth-order valence-corrected chi connectivity index (χ4v) is 3.51. The van der Waals surface area contributed by atoms with E-state index in [1.54, 1.807) is 0 Å². The third-order valence-electron chi connectivity index (χ3n) is 5.18. The lowest BCUT2D eigenvalue weighted by molar-refractivity contribution is 0.269. The van der Waals surface area contributed by atoms with Crippen LogP contribution in [-0.4, -0.2) is 34.5 Å². The van der Waals surface area contributed by atoms with Crippen LogP contribution in [0, 0.1) is 13.8 Å².